The second-order valence-corrected chi connectivity index (χ2v) is 5.74. The Bertz CT molecular complexity index is 938. The highest BCUT2D eigenvalue weighted by molar-refractivity contribution is 7.24. The SMILES string of the molecule is C=CC(=O)Oc1cccc2c(=O)c3cc(C)ccc3sc12. The van der Waals surface area contributed by atoms with Gasteiger partial charge in [-0.1, -0.05) is 24.3 Å². The lowest BCUT2D eigenvalue weighted by Gasteiger charge is -2.07. The summed E-state index contributed by atoms with van der Waals surface area (Å²) in [6, 6.07) is 10.9. The molecule has 21 heavy (non-hydrogen) atoms. The largest absolute Gasteiger partial charge is 0.422 e. The van der Waals surface area contributed by atoms with Gasteiger partial charge in [-0.25, -0.2) is 4.79 Å². The maximum atomic E-state index is 12.6. The molecule has 0 N–H and O–H groups in total. The molecule has 0 aliphatic heterocycles. The van der Waals surface area contributed by atoms with Gasteiger partial charge in [0.25, 0.3) is 0 Å². The number of ether oxygens (including phenoxy) is 1. The van der Waals surface area contributed by atoms with Crippen molar-refractivity contribution in [3.05, 3.63) is 64.8 Å². The minimum atomic E-state index is -0.536. The van der Waals surface area contributed by atoms with Crippen LogP contribution in [0.25, 0.3) is 20.2 Å². The van der Waals surface area contributed by atoms with Crippen molar-refractivity contribution in [1.29, 1.82) is 0 Å². The lowest BCUT2D eigenvalue weighted by molar-refractivity contribution is -0.128. The Balaban J connectivity index is 2.37. The van der Waals surface area contributed by atoms with Crippen molar-refractivity contribution in [3.8, 4) is 5.75 Å². The molecule has 0 aliphatic rings. The third-order valence-electron chi connectivity index (χ3n) is 3.19. The second kappa shape index (κ2) is 5.14. The van der Waals surface area contributed by atoms with Gasteiger partial charge in [-0.2, -0.15) is 0 Å². The van der Waals surface area contributed by atoms with E-state index in [1.165, 1.54) is 11.3 Å². The van der Waals surface area contributed by atoms with E-state index in [0.29, 0.717) is 21.2 Å². The highest BCUT2D eigenvalue weighted by Crippen LogP contribution is 2.32. The predicted molar refractivity (Wildman–Crippen MR) is 86.2 cm³/mol. The Morgan fingerprint density at radius 2 is 2.05 bits per heavy atom. The molecule has 0 spiro atoms. The fraction of sp³-hybridized carbons (Fsp3) is 0.0588. The van der Waals surface area contributed by atoms with Gasteiger partial charge >= 0.3 is 5.97 Å². The van der Waals surface area contributed by atoms with Gasteiger partial charge in [0, 0.05) is 21.5 Å². The van der Waals surface area contributed by atoms with Gasteiger partial charge in [-0.3, -0.25) is 4.79 Å². The Labute approximate surface area is 125 Å². The Kier molecular flexibility index (Phi) is 3.31. The molecule has 3 rings (SSSR count). The molecule has 0 bridgehead atoms. The normalized spacial score (nSPS) is 10.7. The number of hydrogen-bond acceptors (Lipinski definition) is 4. The summed E-state index contributed by atoms with van der Waals surface area (Å²) >= 11 is 1.44. The van der Waals surface area contributed by atoms with Crippen LogP contribution in [0.4, 0.5) is 0 Å². The van der Waals surface area contributed by atoms with Crippen LogP contribution in [0.15, 0.2) is 53.8 Å². The number of hydrogen-bond donors (Lipinski definition) is 0. The van der Waals surface area contributed by atoms with Crippen molar-refractivity contribution in [2.45, 2.75) is 6.92 Å². The molecule has 2 aromatic carbocycles. The molecule has 1 aromatic heterocycles. The van der Waals surface area contributed by atoms with E-state index < -0.39 is 5.97 Å². The fourth-order valence-corrected chi connectivity index (χ4v) is 3.29. The number of benzene rings is 2. The Morgan fingerprint density at radius 1 is 1.24 bits per heavy atom. The van der Waals surface area contributed by atoms with E-state index in [4.69, 9.17) is 4.74 Å². The molecule has 0 radical (unpaired) electrons. The Hall–Kier alpha value is -2.46. The third kappa shape index (κ3) is 2.34. The number of rotatable bonds is 2. The summed E-state index contributed by atoms with van der Waals surface area (Å²) in [5.41, 5.74) is 0.999. The molecule has 3 aromatic rings. The zero-order valence-electron chi connectivity index (χ0n) is 11.4. The summed E-state index contributed by atoms with van der Waals surface area (Å²) in [5, 5.41) is 1.26. The number of carbonyl (C=O) groups is 1. The van der Waals surface area contributed by atoms with Crippen molar-refractivity contribution >= 4 is 37.5 Å². The highest BCUT2D eigenvalue weighted by Gasteiger charge is 2.11. The molecule has 0 fully saturated rings. The van der Waals surface area contributed by atoms with Gasteiger partial charge in [-0.05, 0) is 31.2 Å². The van der Waals surface area contributed by atoms with Crippen molar-refractivity contribution in [3.63, 3.8) is 0 Å². The van der Waals surface area contributed by atoms with Crippen LogP contribution in [-0.4, -0.2) is 5.97 Å². The van der Waals surface area contributed by atoms with Gasteiger partial charge in [0.1, 0.15) is 5.75 Å². The van der Waals surface area contributed by atoms with E-state index in [2.05, 4.69) is 6.58 Å². The van der Waals surface area contributed by atoms with Crippen LogP contribution in [-0.2, 0) is 4.79 Å². The van der Waals surface area contributed by atoms with E-state index in [9.17, 15) is 9.59 Å². The molecule has 0 saturated carbocycles. The van der Waals surface area contributed by atoms with Crippen LogP contribution >= 0.6 is 11.3 Å². The van der Waals surface area contributed by atoms with E-state index in [0.717, 1.165) is 16.3 Å². The van der Waals surface area contributed by atoms with Crippen molar-refractivity contribution in [2.24, 2.45) is 0 Å². The summed E-state index contributed by atoms with van der Waals surface area (Å²) in [6.07, 6.45) is 1.10. The molecule has 0 unspecified atom stereocenters. The monoisotopic (exact) mass is 296 g/mol. The molecule has 104 valence electrons. The quantitative estimate of drug-likeness (QED) is 0.312. The first-order valence-electron chi connectivity index (χ1n) is 6.40. The average Bonchev–Trinajstić information content (AvgIpc) is 2.49. The van der Waals surface area contributed by atoms with Crippen LogP contribution in [0.1, 0.15) is 5.56 Å². The number of esters is 1. The standard InChI is InChI=1S/C17H12O3S/c1-3-15(18)20-13-6-4-5-11-16(19)12-9-10(2)7-8-14(12)21-17(11)13/h3-9H,1H2,2H3. The van der Waals surface area contributed by atoms with Crippen LogP contribution in [0.2, 0.25) is 0 Å². The van der Waals surface area contributed by atoms with E-state index in [1.54, 1.807) is 18.2 Å². The summed E-state index contributed by atoms with van der Waals surface area (Å²) in [7, 11) is 0. The lowest BCUT2D eigenvalue weighted by Crippen LogP contribution is -2.06. The molecular formula is C17H12O3S. The predicted octanol–water partition coefficient (Wildman–Crippen LogP) is 3.81. The first-order valence-corrected chi connectivity index (χ1v) is 7.22. The van der Waals surface area contributed by atoms with E-state index in [1.807, 2.05) is 25.1 Å². The molecule has 0 aliphatic carbocycles. The smallest absolute Gasteiger partial charge is 0.335 e. The molecule has 0 atom stereocenters. The highest BCUT2D eigenvalue weighted by atomic mass is 32.1. The first-order chi connectivity index (χ1) is 10.1. The zero-order chi connectivity index (χ0) is 15.0. The summed E-state index contributed by atoms with van der Waals surface area (Å²) in [5.74, 6) is -0.145. The van der Waals surface area contributed by atoms with Gasteiger partial charge < -0.3 is 4.74 Å². The van der Waals surface area contributed by atoms with Crippen molar-refractivity contribution < 1.29 is 9.53 Å². The second-order valence-electron chi connectivity index (χ2n) is 4.69. The van der Waals surface area contributed by atoms with Crippen molar-refractivity contribution in [1.82, 2.24) is 0 Å². The Morgan fingerprint density at radius 3 is 2.81 bits per heavy atom. The molecule has 4 heteroatoms. The number of aryl methyl sites for hydroxylation is 1. The summed E-state index contributed by atoms with van der Waals surface area (Å²) in [4.78, 5) is 24.0. The van der Waals surface area contributed by atoms with Gasteiger partial charge in [0.05, 0.1) is 4.70 Å². The molecular weight excluding hydrogens is 284 g/mol. The minimum Gasteiger partial charge on any atom is -0.422 e. The van der Waals surface area contributed by atoms with Crippen molar-refractivity contribution in [2.75, 3.05) is 0 Å². The maximum Gasteiger partial charge on any atom is 0.335 e. The third-order valence-corrected chi connectivity index (χ3v) is 4.39. The van der Waals surface area contributed by atoms with Gasteiger partial charge in [0.15, 0.2) is 5.43 Å². The molecule has 0 amide bonds. The summed E-state index contributed by atoms with van der Waals surface area (Å²) in [6.45, 7) is 5.34. The zero-order valence-corrected chi connectivity index (χ0v) is 12.2. The van der Waals surface area contributed by atoms with Crippen LogP contribution in [0, 0.1) is 6.92 Å². The number of carbonyl (C=O) groups excluding carboxylic acids is 1. The first kappa shape index (κ1) is 13.5. The fourth-order valence-electron chi connectivity index (χ4n) is 2.20. The molecule has 0 saturated heterocycles. The van der Waals surface area contributed by atoms with E-state index in [-0.39, 0.29) is 5.43 Å². The topological polar surface area (TPSA) is 43.4 Å². The molecule has 1 heterocycles. The van der Waals surface area contributed by atoms with Gasteiger partial charge in [-0.15, -0.1) is 11.3 Å². The van der Waals surface area contributed by atoms with Crippen LogP contribution in [0.5, 0.6) is 5.75 Å². The maximum absolute atomic E-state index is 12.6. The lowest BCUT2D eigenvalue weighted by atomic mass is 10.1. The number of fused-ring (bicyclic) bond motifs is 2. The summed E-state index contributed by atoms with van der Waals surface area (Å²) < 4.78 is 6.77. The van der Waals surface area contributed by atoms with Crippen LogP contribution in [0.3, 0.4) is 0 Å². The average molecular weight is 296 g/mol. The molecule has 3 nitrogen and oxygen atoms in total. The van der Waals surface area contributed by atoms with Crippen LogP contribution < -0.4 is 10.2 Å². The van der Waals surface area contributed by atoms with Gasteiger partial charge in [0.2, 0.25) is 0 Å². The minimum absolute atomic E-state index is 0.0426. The van der Waals surface area contributed by atoms with E-state index >= 15 is 0 Å².